The van der Waals surface area contributed by atoms with Crippen LogP contribution in [0, 0.1) is 11.3 Å². The van der Waals surface area contributed by atoms with E-state index in [1.165, 1.54) is 25.7 Å². The van der Waals surface area contributed by atoms with Crippen LogP contribution < -0.4 is 10.0 Å². The van der Waals surface area contributed by atoms with Crippen LogP contribution in [-0.4, -0.2) is 26.6 Å². The lowest BCUT2D eigenvalue weighted by atomic mass is 10.0. The van der Waals surface area contributed by atoms with E-state index in [1.807, 2.05) is 18.5 Å². The zero-order valence-electron chi connectivity index (χ0n) is 12.9. The Morgan fingerprint density at radius 3 is 2.62 bits per heavy atom. The highest BCUT2D eigenvalue weighted by atomic mass is 32.2. The minimum Gasteiger partial charge on any atom is -0.349 e. The standard InChI is InChI=1S/C15H25N3O2S/c1-3-18-10-14(8-13(18)9-16-2)21(19,20)17-11-15(6-7-15)12-4-5-12/h8,10,12,16-17H,3-7,9,11H2,1-2H3. The van der Waals surface area contributed by atoms with Gasteiger partial charge in [0.25, 0.3) is 0 Å². The number of hydrogen-bond donors (Lipinski definition) is 2. The van der Waals surface area contributed by atoms with Crippen LogP contribution in [-0.2, 0) is 23.1 Å². The first-order valence-electron chi connectivity index (χ1n) is 7.84. The summed E-state index contributed by atoms with van der Waals surface area (Å²) in [7, 11) is -1.52. The van der Waals surface area contributed by atoms with Crippen LogP contribution in [0.25, 0.3) is 0 Å². The average molecular weight is 311 g/mol. The molecule has 3 rings (SSSR count). The highest BCUT2D eigenvalue weighted by Gasteiger charge is 2.53. The van der Waals surface area contributed by atoms with Crippen LogP contribution in [0.3, 0.4) is 0 Å². The van der Waals surface area contributed by atoms with Gasteiger partial charge in [0.2, 0.25) is 10.0 Å². The molecule has 0 amide bonds. The molecule has 21 heavy (non-hydrogen) atoms. The van der Waals surface area contributed by atoms with Gasteiger partial charge >= 0.3 is 0 Å². The summed E-state index contributed by atoms with van der Waals surface area (Å²) in [5.41, 5.74) is 1.29. The molecule has 0 unspecified atom stereocenters. The lowest BCUT2D eigenvalue weighted by Crippen LogP contribution is -2.31. The van der Waals surface area contributed by atoms with Gasteiger partial charge in [0.05, 0.1) is 4.90 Å². The molecule has 0 spiro atoms. The van der Waals surface area contributed by atoms with E-state index in [0.29, 0.717) is 18.0 Å². The summed E-state index contributed by atoms with van der Waals surface area (Å²) >= 11 is 0. The van der Waals surface area contributed by atoms with Gasteiger partial charge in [0.1, 0.15) is 0 Å². The Balaban J connectivity index is 1.72. The van der Waals surface area contributed by atoms with Gasteiger partial charge < -0.3 is 9.88 Å². The van der Waals surface area contributed by atoms with E-state index in [-0.39, 0.29) is 5.41 Å². The highest BCUT2D eigenvalue weighted by Crippen LogP contribution is 2.60. The topological polar surface area (TPSA) is 63.1 Å². The van der Waals surface area contributed by atoms with E-state index in [0.717, 1.165) is 18.2 Å². The molecule has 2 aliphatic carbocycles. The van der Waals surface area contributed by atoms with Crippen LogP contribution in [0.4, 0.5) is 0 Å². The van der Waals surface area contributed by atoms with Crippen molar-refractivity contribution in [2.45, 2.75) is 50.6 Å². The van der Waals surface area contributed by atoms with E-state index in [4.69, 9.17) is 0 Å². The molecule has 2 N–H and O–H groups in total. The van der Waals surface area contributed by atoms with Crippen molar-refractivity contribution >= 4 is 10.0 Å². The monoisotopic (exact) mass is 311 g/mol. The molecule has 0 aromatic carbocycles. The van der Waals surface area contributed by atoms with Crippen molar-refractivity contribution in [3.8, 4) is 0 Å². The van der Waals surface area contributed by atoms with Crippen LogP contribution >= 0.6 is 0 Å². The van der Waals surface area contributed by atoms with Crippen molar-refractivity contribution in [3.63, 3.8) is 0 Å². The Hall–Kier alpha value is -0.850. The third kappa shape index (κ3) is 3.03. The number of rotatable bonds is 8. The summed E-state index contributed by atoms with van der Waals surface area (Å²) in [5.74, 6) is 0.764. The number of nitrogens with zero attached hydrogens (tertiary/aromatic N) is 1. The largest absolute Gasteiger partial charge is 0.349 e. The van der Waals surface area contributed by atoms with Crippen LogP contribution in [0.5, 0.6) is 0 Å². The minimum absolute atomic E-state index is 0.286. The van der Waals surface area contributed by atoms with E-state index in [2.05, 4.69) is 10.0 Å². The van der Waals surface area contributed by atoms with Crippen molar-refractivity contribution < 1.29 is 8.42 Å². The maximum absolute atomic E-state index is 12.5. The van der Waals surface area contributed by atoms with Crippen molar-refractivity contribution in [1.82, 2.24) is 14.6 Å². The van der Waals surface area contributed by atoms with Gasteiger partial charge in [0, 0.05) is 31.5 Å². The van der Waals surface area contributed by atoms with Crippen LogP contribution in [0.2, 0.25) is 0 Å². The number of sulfonamides is 1. The first kappa shape index (κ1) is 15.1. The van der Waals surface area contributed by atoms with Gasteiger partial charge in [-0.3, -0.25) is 0 Å². The first-order chi connectivity index (χ1) is 10.0. The molecule has 0 atom stereocenters. The first-order valence-corrected chi connectivity index (χ1v) is 9.32. The highest BCUT2D eigenvalue weighted by molar-refractivity contribution is 7.89. The minimum atomic E-state index is -3.39. The van der Waals surface area contributed by atoms with Crippen molar-refractivity contribution in [2.75, 3.05) is 13.6 Å². The second-order valence-electron chi connectivity index (χ2n) is 6.44. The van der Waals surface area contributed by atoms with Crippen molar-refractivity contribution in [1.29, 1.82) is 0 Å². The lowest BCUT2D eigenvalue weighted by Gasteiger charge is -2.14. The molecule has 2 fully saturated rings. The fraction of sp³-hybridized carbons (Fsp3) is 0.733. The molecule has 118 valence electrons. The Bertz CT molecular complexity index is 613. The fourth-order valence-corrected chi connectivity index (χ4v) is 4.40. The van der Waals surface area contributed by atoms with Crippen LogP contribution in [0.1, 0.15) is 38.3 Å². The molecular formula is C15H25N3O2S. The third-order valence-corrected chi connectivity index (χ3v) is 6.29. The number of hydrogen-bond acceptors (Lipinski definition) is 3. The maximum Gasteiger partial charge on any atom is 0.242 e. The second-order valence-corrected chi connectivity index (χ2v) is 8.21. The van der Waals surface area contributed by atoms with Crippen LogP contribution in [0.15, 0.2) is 17.2 Å². The number of aromatic nitrogens is 1. The maximum atomic E-state index is 12.5. The molecule has 6 heteroatoms. The molecule has 0 bridgehead atoms. The van der Waals surface area contributed by atoms with E-state index in [1.54, 1.807) is 12.3 Å². The molecular weight excluding hydrogens is 286 g/mol. The predicted octanol–water partition coefficient (Wildman–Crippen LogP) is 1.70. The summed E-state index contributed by atoms with van der Waals surface area (Å²) in [4.78, 5) is 0.390. The van der Waals surface area contributed by atoms with Crippen molar-refractivity contribution in [2.24, 2.45) is 11.3 Å². The zero-order valence-corrected chi connectivity index (χ0v) is 13.7. The molecule has 0 radical (unpaired) electrons. The van der Waals surface area contributed by atoms with Crippen molar-refractivity contribution in [3.05, 3.63) is 18.0 Å². The van der Waals surface area contributed by atoms with E-state index >= 15 is 0 Å². The average Bonchev–Trinajstić information content (AvgIpc) is 3.34. The molecule has 0 saturated heterocycles. The Morgan fingerprint density at radius 2 is 2.10 bits per heavy atom. The van der Waals surface area contributed by atoms with Gasteiger partial charge in [-0.25, -0.2) is 13.1 Å². The predicted molar refractivity (Wildman–Crippen MR) is 82.4 cm³/mol. The van der Waals surface area contributed by atoms with Gasteiger partial charge in [-0.2, -0.15) is 0 Å². The summed E-state index contributed by atoms with van der Waals surface area (Å²) in [6.45, 7) is 4.09. The molecule has 1 aromatic heterocycles. The normalized spacial score (nSPS) is 20.7. The Kier molecular flexibility index (Phi) is 3.88. The smallest absolute Gasteiger partial charge is 0.242 e. The number of nitrogens with one attached hydrogen (secondary N) is 2. The molecule has 2 saturated carbocycles. The summed E-state index contributed by atoms with van der Waals surface area (Å²) < 4.78 is 29.8. The summed E-state index contributed by atoms with van der Waals surface area (Å²) in [6.07, 6.45) is 6.66. The number of aryl methyl sites for hydroxylation is 1. The second kappa shape index (κ2) is 5.41. The summed E-state index contributed by atoms with van der Waals surface area (Å²) in [6, 6.07) is 1.78. The fourth-order valence-electron chi connectivity index (χ4n) is 3.20. The molecule has 2 aliphatic rings. The van der Waals surface area contributed by atoms with E-state index < -0.39 is 10.0 Å². The molecule has 1 heterocycles. The molecule has 1 aromatic rings. The molecule has 0 aliphatic heterocycles. The van der Waals surface area contributed by atoms with E-state index in [9.17, 15) is 8.42 Å². The lowest BCUT2D eigenvalue weighted by molar-refractivity contribution is 0.432. The SMILES string of the molecule is CCn1cc(S(=O)(=O)NCC2(C3CC3)CC2)cc1CNC. The third-order valence-electron chi connectivity index (χ3n) is 4.92. The summed E-state index contributed by atoms with van der Waals surface area (Å²) in [5, 5.41) is 3.08. The Morgan fingerprint density at radius 1 is 1.38 bits per heavy atom. The quantitative estimate of drug-likeness (QED) is 0.768. The van der Waals surface area contributed by atoms with Gasteiger partial charge in [0.15, 0.2) is 0 Å². The van der Waals surface area contributed by atoms with Gasteiger partial charge in [-0.1, -0.05) is 0 Å². The van der Waals surface area contributed by atoms with Gasteiger partial charge in [-0.15, -0.1) is 0 Å². The van der Waals surface area contributed by atoms with Gasteiger partial charge in [-0.05, 0) is 57.1 Å². The zero-order chi connectivity index (χ0) is 15.1. The Labute approximate surface area is 127 Å². The molecule has 5 nitrogen and oxygen atoms in total.